The quantitative estimate of drug-likeness (QED) is 0.373. The van der Waals surface area contributed by atoms with Gasteiger partial charge in [0.2, 0.25) is 0 Å². The smallest absolute Gasteiger partial charge is 0.0369 e. The summed E-state index contributed by atoms with van der Waals surface area (Å²) in [5.41, 5.74) is 2.71. The van der Waals surface area contributed by atoms with Crippen LogP contribution in [-0.2, 0) is 0 Å². The van der Waals surface area contributed by atoms with E-state index < -0.39 is 0 Å². The van der Waals surface area contributed by atoms with E-state index in [1.807, 2.05) is 47.0 Å². The fraction of sp³-hybridized carbons (Fsp3) is 0.500. The summed E-state index contributed by atoms with van der Waals surface area (Å²) in [4.78, 5) is 0. The molecule has 0 aliphatic rings. The lowest BCUT2D eigenvalue weighted by atomic mass is 9.98. The first-order valence-corrected chi connectivity index (χ1v) is 12.6. The summed E-state index contributed by atoms with van der Waals surface area (Å²) < 4.78 is 2.90. The minimum atomic E-state index is 0.354. The summed E-state index contributed by atoms with van der Waals surface area (Å²) in [6.07, 6.45) is 4.92. The third-order valence-electron chi connectivity index (χ3n) is 3.24. The van der Waals surface area contributed by atoms with Gasteiger partial charge in [0.1, 0.15) is 0 Å². The molecule has 1 aromatic rings. The SMILES string of the molecule is CCSC(=CC(C=C(SCC)SCC)c1ccc(C)cc1)SCC. The molecule has 0 aliphatic heterocycles. The van der Waals surface area contributed by atoms with Crippen molar-refractivity contribution >= 4 is 47.0 Å². The number of hydrogen-bond donors (Lipinski definition) is 0. The van der Waals surface area contributed by atoms with Crippen LogP contribution >= 0.6 is 47.0 Å². The van der Waals surface area contributed by atoms with Gasteiger partial charge in [-0.05, 0) is 35.5 Å². The van der Waals surface area contributed by atoms with Crippen molar-refractivity contribution in [1.29, 1.82) is 0 Å². The van der Waals surface area contributed by atoms with Crippen molar-refractivity contribution in [2.24, 2.45) is 0 Å². The number of thioether (sulfide) groups is 4. The summed E-state index contributed by atoms with van der Waals surface area (Å²) in [6, 6.07) is 9.01. The predicted molar refractivity (Wildman–Crippen MR) is 123 cm³/mol. The maximum Gasteiger partial charge on any atom is 0.0369 e. The van der Waals surface area contributed by atoms with Crippen molar-refractivity contribution in [3.05, 3.63) is 56.0 Å². The van der Waals surface area contributed by atoms with E-state index in [0.29, 0.717) is 5.92 Å². The zero-order valence-corrected chi connectivity index (χ0v) is 18.8. The number of benzene rings is 1. The van der Waals surface area contributed by atoms with Crippen molar-refractivity contribution in [3.63, 3.8) is 0 Å². The maximum absolute atomic E-state index is 2.46. The minimum Gasteiger partial charge on any atom is -0.120 e. The molecule has 0 unspecified atom stereocenters. The van der Waals surface area contributed by atoms with E-state index in [2.05, 4.69) is 71.0 Å². The van der Waals surface area contributed by atoms with Crippen molar-refractivity contribution < 1.29 is 0 Å². The van der Waals surface area contributed by atoms with Gasteiger partial charge in [-0.15, -0.1) is 47.0 Å². The second kappa shape index (κ2) is 13.3. The zero-order valence-electron chi connectivity index (χ0n) is 15.5. The molecule has 0 radical (unpaired) electrons. The minimum absolute atomic E-state index is 0.354. The largest absolute Gasteiger partial charge is 0.120 e. The van der Waals surface area contributed by atoms with Gasteiger partial charge in [-0.1, -0.05) is 69.7 Å². The molecule has 0 bridgehead atoms. The average molecular weight is 399 g/mol. The first-order chi connectivity index (χ1) is 11.6. The van der Waals surface area contributed by atoms with E-state index in [-0.39, 0.29) is 0 Å². The van der Waals surface area contributed by atoms with Crippen LogP contribution in [-0.4, -0.2) is 23.0 Å². The van der Waals surface area contributed by atoms with E-state index in [9.17, 15) is 0 Å². The molecule has 0 aromatic heterocycles. The maximum atomic E-state index is 2.46. The molecular formula is C20H30S4. The Hall–Kier alpha value is 0.1000. The van der Waals surface area contributed by atoms with Gasteiger partial charge in [0.15, 0.2) is 0 Å². The van der Waals surface area contributed by atoms with Crippen LogP contribution in [0.25, 0.3) is 0 Å². The second-order valence-corrected chi connectivity index (χ2v) is 10.9. The van der Waals surface area contributed by atoms with Crippen molar-refractivity contribution in [3.8, 4) is 0 Å². The van der Waals surface area contributed by atoms with Crippen molar-refractivity contribution in [2.75, 3.05) is 23.0 Å². The summed E-state index contributed by atoms with van der Waals surface area (Å²) >= 11 is 7.85. The van der Waals surface area contributed by atoms with Gasteiger partial charge < -0.3 is 0 Å². The average Bonchev–Trinajstić information content (AvgIpc) is 2.56. The number of allylic oxidation sites excluding steroid dienone is 2. The summed E-state index contributed by atoms with van der Waals surface area (Å²) in [6.45, 7) is 11.1. The molecule has 0 amide bonds. The molecule has 0 atom stereocenters. The summed E-state index contributed by atoms with van der Waals surface area (Å²) in [5, 5.41) is 0. The number of aryl methyl sites for hydroxylation is 1. The Morgan fingerprint density at radius 2 is 1.12 bits per heavy atom. The Morgan fingerprint density at radius 3 is 1.46 bits per heavy atom. The van der Waals surface area contributed by atoms with Crippen molar-refractivity contribution in [1.82, 2.24) is 0 Å². The number of hydrogen-bond acceptors (Lipinski definition) is 4. The Balaban J connectivity index is 3.20. The lowest BCUT2D eigenvalue weighted by Crippen LogP contribution is -1.94. The molecule has 0 nitrogen and oxygen atoms in total. The van der Waals surface area contributed by atoms with Crippen LogP contribution < -0.4 is 0 Å². The van der Waals surface area contributed by atoms with Crippen LogP contribution in [0.4, 0.5) is 0 Å². The molecule has 1 aromatic carbocycles. The Kier molecular flexibility index (Phi) is 12.3. The normalized spacial score (nSPS) is 10.8. The van der Waals surface area contributed by atoms with E-state index in [0.717, 1.165) is 23.0 Å². The van der Waals surface area contributed by atoms with Gasteiger partial charge in [-0.2, -0.15) is 0 Å². The van der Waals surface area contributed by atoms with Gasteiger partial charge >= 0.3 is 0 Å². The molecule has 0 saturated carbocycles. The monoisotopic (exact) mass is 398 g/mol. The lowest BCUT2D eigenvalue weighted by Gasteiger charge is -2.15. The van der Waals surface area contributed by atoms with E-state index >= 15 is 0 Å². The molecule has 0 saturated heterocycles. The molecule has 0 spiro atoms. The van der Waals surface area contributed by atoms with Gasteiger partial charge in [-0.25, -0.2) is 0 Å². The van der Waals surface area contributed by atoms with Gasteiger partial charge in [0.05, 0.1) is 0 Å². The predicted octanol–water partition coefficient (Wildman–Crippen LogP) is 7.77. The van der Waals surface area contributed by atoms with Crippen LogP contribution in [0.2, 0.25) is 0 Å². The molecular weight excluding hydrogens is 368 g/mol. The van der Waals surface area contributed by atoms with Crippen LogP contribution in [0, 0.1) is 6.92 Å². The van der Waals surface area contributed by atoms with E-state index in [1.54, 1.807) is 0 Å². The number of rotatable bonds is 11. The summed E-state index contributed by atoms with van der Waals surface area (Å²) in [5.74, 6) is 4.87. The van der Waals surface area contributed by atoms with Crippen LogP contribution in [0.5, 0.6) is 0 Å². The van der Waals surface area contributed by atoms with Crippen LogP contribution in [0.15, 0.2) is 44.9 Å². The molecule has 134 valence electrons. The zero-order chi connectivity index (χ0) is 17.8. The Morgan fingerprint density at radius 1 is 0.750 bits per heavy atom. The van der Waals surface area contributed by atoms with Gasteiger partial charge in [0, 0.05) is 14.4 Å². The highest BCUT2D eigenvalue weighted by Gasteiger charge is 2.11. The fourth-order valence-corrected chi connectivity index (χ4v) is 6.36. The molecule has 4 heteroatoms. The molecule has 0 aliphatic carbocycles. The van der Waals surface area contributed by atoms with Crippen molar-refractivity contribution in [2.45, 2.75) is 40.5 Å². The van der Waals surface area contributed by atoms with Crippen LogP contribution in [0.3, 0.4) is 0 Å². The van der Waals surface area contributed by atoms with Crippen LogP contribution in [0.1, 0.15) is 44.7 Å². The van der Waals surface area contributed by atoms with Gasteiger partial charge in [-0.3, -0.25) is 0 Å². The molecule has 1 rings (SSSR count). The Bertz CT molecular complexity index is 475. The van der Waals surface area contributed by atoms with Gasteiger partial charge in [0.25, 0.3) is 0 Å². The fourth-order valence-electron chi connectivity index (χ4n) is 2.17. The summed E-state index contributed by atoms with van der Waals surface area (Å²) in [7, 11) is 0. The van der Waals surface area contributed by atoms with E-state index in [4.69, 9.17) is 0 Å². The highest BCUT2D eigenvalue weighted by molar-refractivity contribution is 8.22. The molecule has 0 heterocycles. The lowest BCUT2D eigenvalue weighted by molar-refractivity contribution is 1.08. The highest BCUT2D eigenvalue weighted by atomic mass is 32.2. The topological polar surface area (TPSA) is 0 Å². The highest BCUT2D eigenvalue weighted by Crippen LogP contribution is 2.36. The molecule has 0 N–H and O–H groups in total. The molecule has 24 heavy (non-hydrogen) atoms. The Labute approximate surface area is 166 Å². The molecule has 0 fully saturated rings. The third kappa shape index (κ3) is 8.46. The first-order valence-electron chi connectivity index (χ1n) is 8.65. The first kappa shape index (κ1) is 22.1. The standard InChI is InChI=1S/C20H30S4/c1-6-21-19(22-7-2)14-18(15-20(23-8-3)24-9-4)17-12-10-16(5)11-13-17/h10-15,18H,6-9H2,1-5H3. The second-order valence-electron chi connectivity index (χ2n) is 5.14. The third-order valence-corrected chi connectivity index (χ3v) is 7.49. The van der Waals surface area contributed by atoms with E-state index in [1.165, 1.54) is 19.6 Å².